The number of halogens is 3. The van der Waals surface area contributed by atoms with Gasteiger partial charge in [0, 0.05) is 33.2 Å². The predicted molar refractivity (Wildman–Crippen MR) is 124 cm³/mol. The van der Waals surface area contributed by atoms with E-state index in [1.807, 2.05) is 0 Å². The van der Waals surface area contributed by atoms with E-state index in [1.165, 1.54) is 4.90 Å². The Balaban J connectivity index is 1.76. The highest BCUT2D eigenvalue weighted by Crippen LogP contribution is 2.27. The van der Waals surface area contributed by atoms with Gasteiger partial charge in [0.15, 0.2) is 6.61 Å². The molecule has 166 valence electrons. The van der Waals surface area contributed by atoms with Crippen LogP contribution in [-0.2, 0) is 16.1 Å². The number of hydrogen-bond acceptors (Lipinski definition) is 3. The Morgan fingerprint density at radius 3 is 2.39 bits per heavy atom. The first-order chi connectivity index (χ1) is 14.8. The van der Waals surface area contributed by atoms with Crippen molar-refractivity contribution < 1.29 is 14.3 Å². The maximum absolute atomic E-state index is 13.1. The SMILES string of the molecule is C[C@@H](C(=O)NC1CCCC1)N(Cc1c(Cl)cccc1Cl)C(=O)COc1cccc(Cl)c1. The van der Waals surface area contributed by atoms with Crippen molar-refractivity contribution in [2.24, 2.45) is 0 Å². The van der Waals surface area contributed by atoms with Crippen molar-refractivity contribution in [3.63, 3.8) is 0 Å². The highest BCUT2D eigenvalue weighted by molar-refractivity contribution is 6.36. The van der Waals surface area contributed by atoms with Crippen LogP contribution in [0.15, 0.2) is 42.5 Å². The molecule has 5 nitrogen and oxygen atoms in total. The lowest BCUT2D eigenvalue weighted by Gasteiger charge is -2.30. The van der Waals surface area contributed by atoms with Gasteiger partial charge in [0.25, 0.3) is 5.91 Å². The quantitative estimate of drug-likeness (QED) is 0.539. The standard InChI is InChI=1S/C23H25Cl3N2O3/c1-15(23(30)27-17-7-2-3-8-17)28(13-19-20(25)10-5-11-21(19)26)22(29)14-31-18-9-4-6-16(24)12-18/h4-6,9-12,15,17H,2-3,7-8,13-14H2,1H3,(H,27,30)/t15-/m0/s1. The van der Waals surface area contributed by atoms with E-state index in [9.17, 15) is 9.59 Å². The van der Waals surface area contributed by atoms with E-state index >= 15 is 0 Å². The molecule has 3 rings (SSSR count). The molecular formula is C23H25Cl3N2O3. The van der Waals surface area contributed by atoms with Gasteiger partial charge >= 0.3 is 0 Å². The fourth-order valence-electron chi connectivity index (χ4n) is 3.61. The van der Waals surface area contributed by atoms with Crippen molar-refractivity contribution >= 4 is 46.6 Å². The molecule has 0 unspecified atom stereocenters. The van der Waals surface area contributed by atoms with Crippen LogP contribution in [0.25, 0.3) is 0 Å². The van der Waals surface area contributed by atoms with E-state index < -0.39 is 6.04 Å². The Morgan fingerprint density at radius 1 is 1.10 bits per heavy atom. The minimum Gasteiger partial charge on any atom is -0.484 e. The molecular weight excluding hydrogens is 459 g/mol. The zero-order chi connectivity index (χ0) is 22.4. The second-order valence-corrected chi connectivity index (χ2v) is 8.88. The average Bonchev–Trinajstić information content (AvgIpc) is 3.24. The molecule has 0 radical (unpaired) electrons. The van der Waals surface area contributed by atoms with Crippen LogP contribution in [0.2, 0.25) is 15.1 Å². The number of amides is 2. The molecule has 1 fully saturated rings. The van der Waals surface area contributed by atoms with Crippen LogP contribution in [0.5, 0.6) is 5.75 Å². The van der Waals surface area contributed by atoms with Gasteiger partial charge in [-0.1, -0.05) is 59.8 Å². The number of hydrogen-bond donors (Lipinski definition) is 1. The Bertz CT molecular complexity index is 912. The second kappa shape index (κ2) is 11.1. The predicted octanol–water partition coefficient (Wildman–Crippen LogP) is 5.50. The minimum atomic E-state index is -0.719. The molecule has 2 aromatic rings. The van der Waals surface area contributed by atoms with Gasteiger partial charge in [-0.15, -0.1) is 0 Å². The van der Waals surface area contributed by atoms with Crippen molar-refractivity contribution in [2.45, 2.75) is 51.2 Å². The van der Waals surface area contributed by atoms with Crippen LogP contribution in [0.4, 0.5) is 0 Å². The Hall–Kier alpha value is -1.95. The lowest BCUT2D eigenvalue weighted by molar-refractivity contribution is -0.142. The van der Waals surface area contributed by atoms with Crippen LogP contribution < -0.4 is 10.1 Å². The molecule has 1 N–H and O–H groups in total. The van der Waals surface area contributed by atoms with Crippen molar-refractivity contribution in [1.29, 1.82) is 0 Å². The topological polar surface area (TPSA) is 58.6 Å². The van der Waals surface area contributed by atoms with E-state index in [4.69, 9.17) is 39.5 Å². The Morgan fingerprint density at radius 2 is 1.74 bits per heavy atom. The van der Waals surface area contributed by atoms with Crippen LogP contribution >= 0.6 is 34.8 Å². The summed E-state index contributed by atoms with van der Waals surface area (Å²) >= 11 is 18.6. The molecule has 1 atom stereocenters. The van der Waals surface area contributed by atoms with Gasteiger partial charge < -0.3 is 15.0 Å². The maximum atomic E-state index is 13.1. The monoisotopic (exact) mass is 482 g/mol. The second-order valence-electron chi connectivity index (χ2n) is 7.63. The highest BCUT2D eigenvalue weighted by atomic mass is 35.5. The van der Waals surface area contributed by atoms with E-state index in [-0.39, 0.29) is 31.0 Å². The zero-order valence-electron chi connectivity index (χ0n) is 17.2. The van der Waals surface area contributed by atoms with Gasteiger partial charge in [-0.2, -0.15) is 0 Å². The zero-order valence-corrected chi connectivity index (χ0v) is 19.5. The summed E-state index contributed by atoms with van der Waals surface area (Å²) in [7, 11) is 0. The van der Waals surface area contributed by atoms with Crippen molar-refractivity contribution in [1.82, 2.24) is 10.2 Å². The number of nitrogens with one attached hydrogen (secondary N) is 1. The molecule has 0 saturated heterocycles. The number of ether oxygens (including phenoxy) is 1. The van der Waals surface area contributed by atoms with Crippen LogP contribution in [0.1, 0.15) is 38.2 Å². The molecule has 8 heteroatoms. The van der Waals surface area contributed by atoms with E-state index in [0.717, 1.165) is 25.7 Å². The van der Waals surface area contributed by atoms with Crippen molar-refractivity contribution in [3.8, 4) is 5.75 Å². The van der Waals surface area contributed by atoms with Crippen LogP contribution in [0, 0.1) is 0 Å². The molecule has 0 heterocycles. The third kappa shape index (κ3) is 6.52. The summed E-state index contributed by atoms with van der Waals surface area (Å²) in [6.07, 6.45) is 4.12. The van der Waals surface area contributed by atoms with Crippen LogP contribution in [-0.4, -0.2) is 35.4 Å². The molecule has 1 saturated carbocycles. The fourth-order valence-corrected chi connectivity index (χ4v) is 4.31. The molecule has 0 spiro atoms. The van der Waals surface area contributed by atoms with Crippen LogP contribution in [0.3, 0.4) is 0 Å². The summed E-state index contributed by atoms with van der Waals surface area (Å²) in [5, 5.41) is 4.43. The third-order valence-electron chi connectivity index (χ3n) is 5.42. The first kappa shape index (κ1) is 23.7. The van der Waals surface area contributed by atoms with Crippen molar-refractivity contribution in [2.75, 3.05) is 6.61 Å². The largest absolute Gasteiger partial charge is 0.484 e. The lowest BCUT2D eigenvalue weighted by atomic mass is 10.1. The van der Waals surface area contributed by atoms with Crippen molar-refractivity contribution in [3.05, 3.63) is 63.1 Å². The fraction of sp³-hybridized carbons (Fsp3) is 0.391. The van der Waals surface area contributed by atoms with Gasteiger partial charge in [-0.05, 0) is 50.1 Å². The van der Waals surface area contributed by atoms with Gasteiger partial charge in [0.05, 0.1) is 0 Å². The molecule has 0 aromatic heterocycles. The average molecular weight is 484 g/mol. The van der Waals surface area contributed by atoms with Gasteiger partial charge in [0.1, 0.15) is 11.8 Å². The summed E-state index contributed by atoms with van der Waals surface area (Å²) in [5.41, 5.74) is 0.586. The molecule has 0 aliphatic heterocycles. The van der Waals surface area contributed by atoms with E-state index in [1.54, 1.807) is 49.4 Å². The number of nitrogens with zero attached hydrogens (tertiary/aromatic N) is 1. The number of benzene rings is 2. The normalized spacial score (nSPS) is 14.8. The number of rotatable bonds is 8. The Labute approximate surface area is 197 Å². The summed E-state index contributed by atoms with van der Waals surface area (Å²) in [6, 6.07) is 11.4. The molecule has 1 aliphatic rings. The first-order valence-corrected chi connectivity index (χ1v) is 11.4. The molecule has 1 aliphatic carbocycles. The Kier molecular flexibility index (Phi) is 8.47. The summed E-state index contributed by atoms with van der Waals surface area (Å²) in [4.78, 5) is 27.5. The smallest absolute Gasteiger partial charge is 0.261 e. The highest BCUT2D eigenvalue weighted by Gasteiger charge is 2.29. The number of carbonyl (C=O) groups excluding carboxylic acids is 2. The first-order valence-electron chi connectivity index (χ1n) is 10.3. The molecule has 31 heavy (non-hydrogen) atoms. The molecule has 2 amide bonds. The molecule has 0 bridgehead atoms. The lowest BCUT2D eigenvalue weighted by Crippen LogP contribution is -2.50. The maximum Gasteiger partial charge on any atom is 0.261 e. The van der Waals surface area contributed by atoms with Gasteiger partial charge in [-0.25, -0.2) is 0 Å². The molecule has 2 aromatic carbocycles. The third-order valence-corrected chi connectivity index (χ3v) is 6.36. The number of carbonyl (C=O) groups is 2. The van der Waals surface area contributed by atoms with Gasteiger partial charge in [-0.3, -0.25) is 9.59 Å². The minimum absolute atomic E-state index is 0.0928. The summed E-state index contributed by atoms with van der Waals surface area (Å²) in [6.45, 7) is 1.55. The summed E-state index contributed by atoms with van der Waals surface area (Å²) < 4.78 is 5.62. The summed E-state index contributed by atoms with van der Waals surface area (Å²) in [5.74, 6) is -0.0872. The van der Waals surface area contributed by atoms with Gasteiger partial charge in [0.2, 0.25) is 5.91 Å². The van der Waals surface area contributed by atoms with E-state index in [0.29, 0.717) is 26.4 Å². The van der Waals surface area contributed by atoms with E-state index in [2.05, 4.69) is 5.32 Å².